The molecule has 3 heterocycles. The molecule has 3 aromatic rings. The SMILES string of the molecule is Cc1cc(Nc2ncc(Cl)c(Nc3ccccc3N(C)S(=O)(=O)C(C)C)n2)c(OC(C)C)cc1C1=CCN(C2CCOCC2)CC1. The number of hydrogen-bond donors (Lipinski definition) is 2. The van der Waals surface area contributed by atoms with Gasteiger partial charge in [0.2, 0.25) is 16.0 Å². The summed E-state index contributed by atoms with van der Waals surface area (Å²) in [5, 5.41) is 6.26. The first kappa shape index (κ1) is 34.0. The predicted octanol–water partition coefficient (Wildman–Crippen LogP) is 7.16. The Kier molecular flexibility index (Phi) is 10.8. The number of aromatic nitrogens is 2. The zero-order valence-electron chi connectivity index (χ0n) is 27.5. The Balaban J connectivity index is 1.39. The molecule has 12 heteroatoms. The number of ether oxygens (including phenoxy) is 2. The van der Waals surface area contributed by atoms with Gasteiger partial charge in [-0.25, -0.2) is 13.4 Å². The number of halogens is 1. The van der Waals surface area contributed by atoms with Crippen molar-refractivity contribution in [1.29, 1.82) is 0 Å². The quantitative estimate of drug-likeness (QED) is 0.220. The van der Waals surface area contributed by atoms with E-state index in [-0.39, 0.29) is 6.10 Å². The van der Waals surface area contributed by atoms with Crippen molar-refractivity contribution in [3.05, 3.63) is 64.8 Å². The highest BCUT2D eigenvalue weighted by atomic mass is 35.5. The molecule has 10 nitrogen and oxygen atoms in total. The van der Waals surface area contributed by atoms with E-state index in [2.05, 4.69) is 50.6 Å². The molecule has 0 spiro atoms. The highest BCUT2D eigenvalue weighted by molar-refractivity contribution is 7.93. The summed E-state index contributed by atoms with van der Waals surface area (Å²) in [6.45, 7) is 13.1. The van der Waals surface area contributed by atoms with Gasteiger partial charge in [-0.3, -0.25) is 9.21 Å². The number of aryl methyl sites for hydroxylation is 1. The van der Waals surface area contributed by atoms with Crippen LogP contribution in [0.1, 0.15) is 58.1 Å². The molecule has 248 valence electrons. The second-order valence-corrected chi connectivity index (χ2v) is 15.3. The van der Waals surface area contributed by atoms with Gasteiger partial charge >= 0.3 is 0 Å². The lowest BCUT2D eigenvalue weighted by Crippen LogP contribution is -2.41. The molecule has 0 unspecified atom stereocenters. The normalized spacial score (nSPS) is 16.4. The minimum Gasteiger partial charge on any atom is -0.489 e. The molecule has 0 saturated carbocycles. The van der Waals surface area contributed by atoms with Crippen molar-refractivity contribution in [3.8, 4) is 5.75 Å². The van der Waals surface area contributed by atoms with Gasteiger partial charge in [-0.2, -0.15) is 4.98 Å². The summed E-state index contributed by atoms with van der Waals surface area (Å²) in [7, 11) is -2.01. The smallest absolute Gasteiger partial charge is 0.237 e. The first-order chi connectivity index (χ1) is 21.9. The Morgan fingerprint density at radius 1 is 1.09 bits per heavy atom. The van der Waals surface area contributed by atoms with Crippen LogP contribution in [-0.4, -0.2) is 74.0 Å². The van der Waals surface area contributed by atoms with Gasteiger partial charge in [0.25, 0.3) is 0 Å². The van der Waals surface area contributed by atoms with E-state index in [0.717, 1.165) is 56.8 Å². The lowest BCUT2D eigenvalue weighted by Gasteiger charge is -2.36. The zero-order valence-corrected chi connectivity index (χ0v) is 29.1. The van der Waals surface area contributed by atoms with Crippen molar-refractivity contribution in [2.24, 2.45) is 0 Å². The van der Waals surface area contributed by atoms with E-state index in [0.29, 0.717) is 40.0 Å². The summed E-state index contributed by atoms with van der Waals surface area (Å²) >= 11 is 6.53. The second-order valence-electron chi connectivity index (χ2n) is 12.4. The fraction of sp³-hybridized carbons (Fsp3) is 0.471. The van der Waals surface area contributed by atoms with E-state index < -0.39 is 15.3 Å². The number of sulfonamides is 1. The van der Waals surface area contributed by atoms with E-state index in [1.165, 1.54) is 28.7 Å². The average Bonchev–Trinajstić information content (AvgIpc) is 3.04. The summed E-state index contributed by atoms with van der Waals surface area (Å²) in [4.78, 5) is 11.7. The Morgan fingerprint density at radius 2 is 1.83 bits per heavy atom. The number of rotatable bonds is 11. The number of anilines is 5. The van der Waals surface area contributed by atoms with Gasteiger partial charge in [-0.1, -0.05) is 29.8 Å². The van der Waals surface area contributed by atoms with Gasteiger partial charge in [0.1, 0.15) is 10.8 Å². The van der Waals surface area contributed by atoms with Crippen molar-refractivity contribution in [2.75, 3.05) is 48.3 Å². The fourth-order valence-corrected chi connectivity index (χ4v) is 7.07. The third-order valence-corrected chi connectivity index (χ3v) is 10.9. The molecule has 0 atom stereocenters. The van der Waals surface area contributed by atoms with E-state index in [1.54, 1.807) is 32.0 Å². The van der Waals surface area contributed by atoms with Crippen LogP contribution in [0.25, 0.3) is 5.57 Å². The molecule has 0 bridgehead atoms. The molecule has 0 amide bonds. The van der Waals surface area contributed by atoms with Crippen molar-refractivity contribution in [2.45, 2.75) is 71.3 Å². The summed E-state index contributed by atoms with van der Waals surface area (Å²) < 4.78 is 39.0. The average molecular weight is 669 g/mol. The van der Waals surface area contributed by atoms with Crippen LogP contribution in [0.4, 0.5) is 28.8 Å². The molecule has 1 saturated heterocycles. The van der Waals surface area contributed by atoms with E-state index in [9.17, 15) is 8.42 Å². The molecular formula is C34H45ClN6O4S. The summed E-state index contributed by atoms with van der Waals surface area (Å²) in [5.74, 6) is 1.36. The standard InChI is InChI=1S/C34H45ClN6O4S/c1-22(2)45-32-20-27(25-11-15-41(16-12-25)26-13-17-44-18-14-26)24(5)19-30(32)38-34-36-21-28(35)33(39-34)37-29-9-7-8-10-31(29)40(6)46(42,43)23(3)4/h7-11,19-23,26H,12-18H2,1-6H3,(H2,36,37,38,39). The molecule has 2 N–H and O–H groups in total. The van der Waals surface area contributed by atoms with Crippen molar-refractivity contribution in [3.63, 3.8) is 0 Å². The van der Waals surface area contributed by atoms with E-state index in [1.807, 2.05) is 19.9 Å². The predicted molar refractivity (Wildman–Crippen MR) is 187 cm³/mol. The number of hydrogen-bond acceptors (Lipinski definition) is 9. The van der Waals surface area contributed by atoms with Crippen LogP contribution in [-0.2, 0) is 14.8 Å². The minimum absolute atomic E-state index is 0.0422. The lowest BCUT2D eigenvalue weighted by molar-refractivity contribution is 0.0378. The van der Waals surface area contributed by atoms with Crippen LogP contribution >= 0.6 is 11.6 Å². The maximum Gasteiger partial charge on any atom is 0.237 e. The lowest BCUT2D eigenvalue weighted by atomic mass is 9.93. The number of nitrogens with one attached hydrogen (secondary N) is 2. The van der Waals surface area contributed by atoms with Crippen molar-refractivity contribution < 1.29 is 17.9 Å². The molecule has 1 aromatic heterocycles. The van der Waals surface area contributed by atoms with Crippen molar-refractivity contribution in [1.82, 2.24) is 14.9 Å². The van der Waals surface area contributed by atoms with Gasteiger partial charge in [0.05, 0.1) is 34.6 Å². The zero-order chi connectivity index (χ0) is 33.0. The highest BCUT2D eigenvalue weighted by Crippen LogP contribution is 2.37. The molecular weight excluding hydrogens is 624 g/mol. The highest BCUT2D eigenvalue weighted by Gasteiger charge is 2.26. The van der Waals surface area contributed by atoms with Gasteiger partial charge in [0.15, 0.2) is 5.82 Å². The first-order valence-corrected chi connectivity index (χ1v) is 17.8. The third-order valence-electron chi connectivity index (χ3n) is 8.45. The molecule has 1 fully saturated rings. The van der Waals surface area contributed by atoms with Crippen LogP contribution in [0.2, 0.25) is 5.02 Å². The minimum atomic E-state index is -3.55. The molecule has 0 aliphatic carbocycles. The summed E-state index contributed by atoms with van der Waals surface area (Å²) in [6.07, 6.45) is 7.01. The Bertz CT molecular complexity index is 1670. The van der Waals surface area contributed by atoms with Crippen LogP contribution in [0.15, 0.2) is 48.7 Å². The monoisotopic (exact) mass is 668 g/mol. The van der Waals surface area contributed by atoms with Gasteiger partial charge in [-0.05, 0) is 94.8 Å². The fourth-order valence-electron chi connectivity index (χ4n) is 5.86. The van der Waals surface area contributed by atoms with Crippen molar-refractivity contribution >= 4 is 56.0 Å². The number of para-hydroxylation sites is 2. The van der Waals surface area contributed by atoms with Gasteiger partial charge < -0.3 is 20.1 Å². The van der Waals surface area contributed by atoms with Crippen LogP contribution < -0.4 is 19.7 Å². The molecule has 46 heavy (non-hydrogen) atoms. The van der Waals surface area contributed by atoms with Crippen LogP contribution in [0.5, 0.6) is 5.75 Å². The maximum atomic E-state index is 12.9. The molecule has 2 aliphatic rings. The molecule has 2 aliphatic heterocycles. The largest absolute Gasteiger partial charge is 0.489 e. The van der Waals surface area contributed by atoms with E-state index >= 15 is 0 Å². The van der Waals surface area contributed by atoms with Gasteiger partial charge in [0, 0.05) is 39.4 Å². The third kappa shape index (κ3) is 7.76. The Hall–Kier alpha value is -3.38. The number of nitrogens with zero attached hydrogens (tertiary/aromatic N) is 4. The second kappa shape index (κ2) is 14.6. The molecule has 0 radical (unpaired) electrons. The van der Waals surface area contributed by atoms with E-state index in [4.69, 9.17) is 21.1 Å². The molecule has 2 aromatic carbocycles. The van der Waals surface area contributed by atoms with Crippen LogP contribution in [0, 0.1) is 6.92 Å². The topological polar surface area (TPSA) is 109 Å². The molecule has 5 rings (SSSR count). The maximum absolute atomic E-state index is 12.9. The number of benzene rings is 2. The van der Waals surface area contributed by atoms with Gasteiger partial charge in [-0.15, -0.1) is 0 Å². The Morgan fingerprint density at radius 3 is 2.50 bits per heavy atom. The van der Waals surface area contributed by atoms with Crippen LogP contribution in [0.3, 0.4) is 0 Å². The Labute approximate surface area is 278 Å². The summed E-state index contributed by atoms with van der Waals surface area (Å²) in [5.41, 5.74) is 5.40. The first-order valence-electron chi connectivity index (χ1n) is 15.9. The summed E-state index contributed by atoms with van der Waals surface area (Å²) in [6, 6.07) is 11.9.